The van der Waals surface area contributed by atoms with Gasteiger partial charge in [0.1, 0.15) is 12.7 Å². The third kappa shape index (κ3) is 5.42. The number of benzene rings is 2. The van der Waals surface area contributed by atoms with Crippen molar-refractivity contribution < 1.29 is 26.4 Å². The Morgan fingerprint density at radius 3 is 2.47 bits per heavy atom. The molecule has 3 aromatic rings. The molecule has 1 amide bonds. The Bertz CT molecular complexity index is 1110. The van der Waals surface area contributed by atoms with Crippen LogP contribution in [0, 0.1) is 0 Å². The summed E-state index contributed by atoms with van der Waals surface area (Å²) in [5.41, 5.74) is 0.438. The van der Waals surface area contributed by atoms with E-state index in [1.807, 2.05) is 4.72 Å². The lowest BCUT2D eigenvalue weighted by atomic mass is 10.2. The van der Waals surface area contributed by atoms with Crippen molar-refractivity contribution in [3.63, 3.8) is 0 Å². The minimum atomic E-state index is -4.67. The SMILES string of the molecule is O=C(CNS(=O)(=O)c1cccc(C(F)(F)F)c1)NCc1ccc(-n2cncn2)cc1. The molecule has 0 bridgehead atoms. The predicted octanol–water partition coefficient (Wildman–Crippen LogP) is 1.88. The molecule has 8 nitrogen and oxygen atoms in total. The number of carbonyl (C=O) groups is 1. The Morgan fingerprint density at radius 1 is 1.10 bits per heavy atom. The fraction of sp³-hybridized carbons (Fsp3) is 0.167. The summed E-state index contributed by atoms with van der Waals surface area (Å²) in [7, 11) is -4.28. The third-order valence-corrected chi connectivity index (χ3v) is 5.40. The lowest BCUT2D eigenvalue weighted by Gasteiger charge is -2.11. The van der Waals surface area contributed by atoms with Gasteiger partial charge in [-0.1, -0.05) is 18.2 Å². The zero-order valence-electron chi connectivity index (χ0n) is 15.3. The number of aromatic nitrogens is 3. The summed E-state index contributed by atoms with van der Waals surface area (Å²) in [4.78, 5) is 15.2. The maximum atomic E-state index is 12.7. The molecule has 1 heterocycles. The zero-order valence-corrected chi connectivity index (χ0v) is 16.1. The van der Waals surface area contributed by atoms with Crippen LogP contribution in [0.5, 0.6) is 0 Å². The van der Waals surface area contributed by atoms with E-state index >= 15 is 0 Å². The lowest BCUT2D eigenvalue weighted by molar-refractivity contribution is -0.137. The summed E-state index contributed by atoms with van der Waals surface area (Å²) in [5, 5.41) is 6.52. The van der Waals surface area contributed by atoms with E-state index in [1.165, 1.54) is 12.7 Å². The van der Waals surface area contributed by atoms with Crippen LogP contribution in [0.2, 0.25) is 0 Å². The number of nitrogens with one attached hydrogen (secondary N) is 2. The molecule has 0 aliphatic carbocycles. The lowest BCUT2D eigenvalue weighted by Crippen LogP contribution is -2.36. The Hall–Kier alpha value is -3.25. The number of amides is 1. The molecule has 2 N–H and O–H groups in total. The molecule has 0 atom stereocenters. The average molecular weight is 439 g/mol. The molecule has 0 radical (unpaired) electrons. The van der Waals surface area contributed by atoms with Crippen molar-refractivity contribution in [2.45, 2.75) is 17.6 Å². The molecule has 158 valence electrons. The van der Waals surface area contributed by atoms with Gasteiger partial charge < -0.3 is 5.32 Å². The van der Waals surface area contributed by atoms with E-state index < -0.39 is 39.1 Å². The molecular weight excluding hydrogens is 423 g/mol. The van der Waals surface area contributed by atoms with Crippen molar-refractivity contribution in [1.82, 2.24) is 24.8 Å². The first-order chi connectivity index (χ1) is 14.1. The maximum absolute atomic E-state index is 12.7. The van der Waals surface area contributed by atoms with Crippen LogP contribution in [-0.2, 0) is 27.5 Å². The summed E-state index contributed by atoms with van der Waals surface area (Å²) < 4.78 is 66.1. The molecule has 0 saturated carbocycles. The van der Waals surface area contributed by atoms with Gasteiger partial charge in [0.05, 0.1) is 22.7 Å². The fourth-order valence-electron chi connectivity index (χ4n) is 2.45. The highest BCUT2D eigenvalue weighted by Gasteiger charge is 2.31. The summed E-state index contributed by atoms with van der Waals surface area (Å²) >= 11 is 0. The second-order valence-electron chi connectivity index (χ2n) is 6.13. The largest absolute Gasteiger partial charge is 0.416 e. The van der Waals surface area contributed by atoms with Gasteiger partial charge in [-0.05, 0) is 35.9 Å². The molecular formula is C18H16F3N5O3S. The molecule has 12 heteroatoms. The monoisotopic (exact) mass is 439 g/mol. The van der Waals surface area contributed by atoms with Gasteiger partial charge in [-0.25, -0.2) is 22.8 Å². The number of rotatable bonds is 7. The van der Waals surface area contributed by atoms with Crippen molar-refractivity contribution in [1.29, 1.82) is 0 Å². The molecule has 2 aromatic carbocycles. The summed E-state index contributed by atoms with van der Waals surface area (Å²) in [6, 6.07) is 10.3. The van der Waals surface area contributed by atoms with Crippen LogP contribution < -0.4 is 10.0 Å². The number of hydrogen-bond donors (Lipinski definition) is 2. The molecule has 0 aliphatic rings. The van der Waals surface area contributed by atoms with E-state index in [0.717, 1.165) is 29.4 Å². The molecule has 1 aromatic heterocycles. The van der Waals surface area contributed by atoms with E-state index in [4.69, 9.17) is 0 Å². The molecule has 0 aliphatic heterocycles. The highest BCUT2D eigenvalue weighted by atomic mass is 32.2. The smallest absolute Gasteiger partial charge is 0.351 e. The first-order valence-corrected chi connectivity index (χ1v) is 10.0. The van der Waals surface area contributed by atoms with Crippen LogP contribution in [0.4, 0.5) is 13.2 Å². The highest BCUT2D eigenvalue weighted by Crippen LogP contribution is 2.30. The summed E-state index contributed by atoms with van der Waals surface area (Å²) in [6.07, 6.45) is -1.74. The van der Waals surface area contributed by atoms with Crippen molar-refractivity contribution in [3.8, 4) is 5.69 Å². The van der Waals surface area contributed by atoms with E-state index in [-0.39, 0.29) is 6.54 Å². The van der Waals surface area contributed by atoms with Crippen molar-refractivity contribution in [3.05, 3.63) is 72.3 Å². The topological polar surface area (TPSA) is 106 Å². The maximum Gasteiger partial charge on any atom is 0.416 e. The second-order valence-corrected chi connectivity index (χ2v) is 7.90. The minimum Gasteiger partial charge on any atom is -0.351 e. The Balaban J connectivity index is 1.54. The van der Waals surface area contributed by atoms with Crippen LogP contribution in [-0.4, -0.2) is 35.6 Å². The van der Waals surface area contributed by atoms with Gasteiger partial charge in [-0.2, -0.15) is 18.3 Å². The van der Waals surface area contributed by atoms with Gasteiger partial charge in [0.15, 0.2) is 0 Å². The molecule has 0 spiro atoms. The van der Waals surface area contributed by atoms with Gasteiger partial charge in [0.25, 0.3) is 0 Å². The quantitative estimate of drug-likeness (QED) is 0.585. The van der Waals surface area contributed by atoms with Gasteiger partial charge in [-0.15, -0.1) is 0 Å². The normalized spacial score (nSPS) is 12.0. The molecule has 0 unspecified atom stereocenters. The van der Waals surface area contributed by atoms with Crippen molar-refractivity contribution in [2.24, 2.45) is 0 Å². The summed E-state index contributed by atoms with van der Waals surface area (Å²) in [6.45, 7) is -0.475. The third-order valence-electron chi connectivity index (χ3n) is 4.00. The number of hydrogen-bond acceptors (Lipinski definition) is 5. The first kappa shape index (κ1) is 21.5. The van der Waals surface area contributed by atoms with E-state index in [0.29, 0.717) is 6.07 Å². The van der Waals surface area contributed by atoms with Gasteiger partial charge >= 0.3 is 6.18 Å². The standard InChI is InChI=1S/C18H16F3N5O3S/c19-18(20,21)14-2-1-3-16(8-14)30(28,29)25-10-17(27)23-9-13-4-6-15(7-5-13)26-12-22-11-24-26/h1-8,11-12,25H,9-10H2,(H,23,27). The first-order valence-electron chi connectivity index (χ1n) is 8.53. The van der Waals surface area contributed by atoms with Gasteiger partial charge in [0, 0.05) is 6.54 Å². The van der Waals surface area contributed by atoms with Crippen molar-refractivity contribution >= 4 is 15.9 Å². The zero-order chi connectivity index (χ0) is 21.8. The van der Waals surface area contributed by atoms with Crippen LogP contribution in [0.3, 0.4) is 0 Å². The number of carbonyl (C=O) groups excluding carboxylic acids is 1. The van der Waals surface area contributed by atoms with Crippen LogP contribution in [0.15, 0.2) is 66.1 Å². The van der Waals surface area contributed by atoms with Gasteiger partial charge in [0.2, 0.25) is 15.9 Å². The number of nitrogens with zero attached hydrogens (tertiary/aromatic N) is 3. The predicted molar refractivity (Wildman–Crippen MR) is 99.8 cm³/mol. The van der Waals surface area contributed by atoms with E-state index in [2.05, 4.69) is 15.4 Å². The summed E-state index contributed by atoms with van der Waals surface area (Å²) in [5.74, 6) is -0.633. The molecule has 3 rings (SSSR count). The number of alkyl halides is 3. The number of sulfonamides is 1. The second kappa shape index (κ2) is 8.63. The van der Waals surface area contributed by atoms with Crippen LogP contribution in [0.1, 0.15) is 11.1 Å². The fourth-order valence-corrected chi connectivity index (χ4v) is 3.48. The molecule has 0 fully saturated rings. The van der Waals surface area contributed by atoms with E-state index in [9.17, 15) is 26.4 Å². The van der Waals surface area contributed by atoms with Crippen molar-refractivity contribution in [2.75, 3.05) is 6.54 Å². The van der Waals surface area contributed by atoms with Crippen LogP contribution in [0.25, 0.3) is 5.69 Å². The minimum absolute atomic E-state index is 0.141. The molecule has 30 heavy (non-hydrogen) atoms. The number of halogens is 3. The Labute approximate surface area is 169 Å². The molecule has 0 saturated heterocycles. The average Bonchev–Trinajstić information content (AvgIpc) is 3.25. The van der Waals surface area contributed by atoms with E-state index in [1.54, 1.807) is 28.9 Å². The van der Waals surface area contributed by atoms with Crippen LogP contribution >= 0.6 is 0 Å². The van der Waals surface area contributed by atoms with Gasteiger partial charge in [-0.3, -0.25) is 4.79 Å². The highest BCUT2D eigenvalue weighted by molar-refractivity contribution is 7.89. The Kier molecular flexibility index (Phi) is 6.17. The Morgan fingerprint density at radius 2 is 1.83 bits per heavy atom.